The zero-order chi connectivity index (χ0) is 22.6. The van der Waals surface area contributed by atoms with Gasteiger partial charge in [0.2, 0.25) is 5.91 Å². The van der Waals surface area contributed by atoms with Crippen LogP contribution in [0, 0.1) is 0 Å². The maximum Gasteiger partial charge on any atom is 0.408 e. The van der Waals surface area contributed by atoms with Crippen LogP contribution in [0.5, 0.6) is 0 Å². The quantitative estimate of drug-likeness (QED) is 0.499. The highest BCUT2D eigenvalue weighted by atomic mass is 16.5. The van der Waals surface area contributed by atoms with Crippen molar-refractivity contribution in [3.05, 3.63) is 71.8 Å². The molecule has 8 heteroatoms. The normalized spacial score (nSPS) is 13.4. The fourth-order valence-corrected chi connectivity index (χ4v) is 2.91. The first kappa shape index (κ1) is 23.9. The van der Waals surface area contributed by atoms with E-state index in [4.69, 9.17) is 9.47 Å². The summed E-state index contributed by atoms with van der Waals surface area (Å²) in [5.41, 5.74) is 1.78. The average Bonchev–Trinajstić information content (AvgIpc) is 2.79. The third kappa shape index (κ3) is 8.10. The van der Waals surface area contributed by atoms with Gasteiger partial charge in [-0.25, -0.2) is 9.59 Å². The average molecular weight is 428 g/mol. The molecular formula is C23H28N2O6. The molecule has 3 N–H and O–H groups in total. The lowest BCUT2D eigenvalue weighted by Crippen LogP contribution is -2.56. The third-order valence-corrected chi connectivity index (χ3v) is 4.62. The predicted octanol–water partition coefficient (Wildman–Crippen LogP) is 1.95. The molecule has 0 aliphatic rings. The molecule has 8 nitrogen and oxygen atoms in total. The summed E-state index contributed by atoms with van der Waals surface area (Å²) in [4.78, 5) is 36.9. The molecule has 0 fully saturated rings. The van der Waals surface area contributed by atoms with Gasteiger partial charge in [0.1, 0.15) is 18.7 Å². The van der Waals surface area contributed by atoms with Crippen molar-refractivity contribution in [1.29, 1.82) is 0 Å². The lowest BCUT2D eigenvalue weighted by Gasteiger charge is -2.23. The largest absolute Gasteiger partial charge is 0.467 e. The highest BCUT2D eigenvalue weighted by molar-refractivity contribution is 5.90. The molecule has 3 atom stereocenters. The Labute approximate surface area is 181 Å². The van der Waals surface area contributed by atoms with Crippen LogP contribution in [0.15, 0.2) is 60.7 Å². The second-order valence-electron chi connectivity index (χ2n) is 7.03. The number of aliphatic hydroxyl groups is 1. The van der Waals surface area contributed by atoms with E-state index >= 15 is 0 Å². The number of hydrogen-bond acceptors (Lipinski definition) is 6. The number of rotatable bonds is 10. The number of carbonyl (C=O) groups excluding carboxylic acids is 3. The standard InChI is InChI=1S/C23H28N2O6/c1-16(26)20(25-23(29)31-15-18-11-7-4-8-12-18)21(27)24-19(22(28)30-2)14-13-17-9-5-3-6-10-17/h3-12,16,19-20,26H,13-15H2,1-2H3,(H,24,27)(H,25,29)/t16-,19+,20+/m1/s1. The van der Waals surface area contributed by atoms with Crippen LogP contribution in [0.4, 0.5) is 4.79 Å². The minimum Gasteiger partial charge on any atom is -0.467 e. The first-order valence-corrected chi connectivity index (χ1v) is 9.98. The fraction of sp³-hybridized carbons (Fsp3) is 0.348. The van der Waals surface area contributed by atoms with Gasteiger partial charge in [0.25, 0.3) is 0 Å². The Morgan fingerprint density at radius 1 is 0.935 bits per heavy atom. The highest BCUT2D eigenvalue weighted by Crippen LogP contribution is 2.08. The van der Waals surface area contributed by atoms with Gasteiger partial charge in [0, 0.05) is 0 Å². The second kappa shape index (κ2) is 12.3. The van der Waals surface area contributed by atoms with Crippen molar-refractivity contribution in [2.45, 2.75) is 44.6 Å². The monoisotopic (exact) mass is 428 g/mol. The van der Waals surface area contributed by atoms with Gasteiger partial charge in [-0.2, -0.15) is 0 Å². The van der Waals surface area contributed by atoms with Crippen LogP contribution in [-0.4, -0.2) is 48.4 Å². The van der Waals surface area contributed by atoms with E-state index in [2.05, 4.69) is 10.6 Å². The molecule has 2 aromatic carbocycles. The van der Waals surface area contributed by atoms with Crippen molar-refractivity contribution < 1.29 is 29.0 Å². The van der Waals surface area contributed by atoms with Crippen molar-refractivity contribution in [3.63, 3.8) is 0 Å². The van der Waals surface area contributed by atoms with Crippen LogP contribution in [0.25, 0.3) is 0 Å². The zero-order valence-electron chi connectivity index (χ0n) is 17.6. The summed E-state index contributed by atoms with van der Waals surface area (Å²) < 4.78 is 9.89. The van der Waals surface area contributed by atoms with Crippen molar-refractivity contribution in [3.8, 4) is 0 Å². The van der Waals surface area contributed by atoms with Crippen LogP contribution in [0.1, 0.15) is 24.5 Å². The summed E-state index contributed by atoms with van der Waals surface area (Å²) in [7, 11) is 1.23. The Kier molecular flexibility index (Phi) is 9.51. The fourth-order valence-electron chi connectivity index (χ4n) is 2.91. The number of esters is 1. The second-order valence-corrected chi connectivity index (χ2v) is 7.03. The lowest BCUT2D eigenvalue weighted by molar-refractivity contribution is -0.145. The van der Waals surface area contributed by atoms with E-state index in [0.717, 1.165) is 11.1 Å². The van der Waals surface area contributed by atoms with Gasteiger partial charge in [-0.3, -0.25) is 4.79 Å². The molecule has 0 unspecified atom stereocenters. The molecular weight excluding hydrogens is 400 g/mol. The molecule has 0 aromatic heterocycles. The number of benzene rings is 2. The van der Waals surface area contributed by atoms with Crippen LogP contribution >= 0.6 is 0 Å². The first-order chi connectivity index (χ1) is 14.9. The van der Waals surface area contributed by atoms with Gasteiger partial charge in [-0.1, -0.05) is 60.7 Å². The van der Waals surface area contributed by atoms with Gasteiger partial charge in [-0.15, -0.1) is 0 Å². The molecule has 0 aliphatic carbocycles. The summed E-state index contributed by atoms with van der Waals surface area (Å²) in [5.74, 6) is -1.32. The van der Waals surface area contributed by atoms with Crippen molar-refractivity contribution in [1.82, 2.24) is 10.6 Å². The van der Waals surface area contributed by atoms with Gasteiger partial charge < -0.3 is 25.2 Å². The van der Waals surface area contributed by atoms with E-state index in [1.54, 1.807) is 12.1 Å². The molecule has 2 amide bonds. The Balaban J connectivity index is 1.95. The van der Waals surface area contributed by atoms with Gasteiger partial charge >= 0.3 is 12.1 Å². The number of aryl methyl sites for hydroxylation is 1. The summed E-state index contributed by atoms with van der Waals surface area (Å²) in [5, 5.41) is 14.9. The van der Waals surface area contributed by atoms with Crippen molar-refractivity contribution in [2.75, 3.05) is 7.11 Å². The Morgan fingerprint density at radius 3 is 2.06 bits per heavy atom. The van der Waals surface area contributed by atoms with E-state index in [1.807, 2.05) is 48.5 Å². The van der Waals surface area contributed by atoms with Crippen LogP contribution in [0.2, 0.25) is 0 Å². The molecule has 166 valence electrons. The van der Waals surface area contributed by atoms with Crippen LogP contribution < -0.4 is 10.6 Å². The van der Waals surface area contributed by atoms with Crippen LogP contribution in [-0.2, 0) is 32.1 Å². The summed E-state index contributed by atoms with van der Waals surface area (Å²) in [6, 6.07) is 16.3. The number of carbonyl (C=O) groups is 3. The molecule has 0 saturated heterocycles. The molecule has 0 radical (unpaired) electrons. The summed E-state index contributed by atoms with van der Waals surface area (Å²) >= 11 is 0. The van der Waals surface area contributed by atoms with E-state index in [-0.39, 0.29) is 6.61 Å². The smallest absolute Gasteiger partial charge is 0.408 e. The number of hydrogen-bond donors (Lipinski definition) is 3. The lowest BCUT2D eigenvalue weighted by atomic mass is 10.0. The molecule has 2 aromatic rings. The maximum absolute atomic E-state index is 12.7. The number of alkyl carbamates (subject to hydrolysis) is 1. The summed E-state index contributed by atoms with van der Waals surface area (Å²) in [6.07, 6.45) is -1.24. The van der Waals surface area contributed by atoms with Gasteiger partial charge in [0.15, 0.2) is 0 Å². The molecule has 31 heavy (non-hydrogen) atoms. The first-order valence-electron chi connectivity index (χ1n) is 9.98. The van der Waals surface area contributed by atoms with Crippen molar-refractivity contribution in [2.24, 2.45) is 0 Å². The molecule has 0 saturated carbocycles. The molecule has 0 aliphatic heterocycles. The van der Waals surface area contributed by atoms with Gasteiger partial charge in [0.05, 0.1) is 13.2 Å². The Morgan fingerprint density at radius 2 is 1.52 bits per heavy atom. The number of methoxy groups -OCH3 is 1. The van der Waals surface area contributed by atoms with Gasteiger partial charge in [-0.05, 0) is 30.9 Å². The molecule has 0 spiro atoms. The maximum atomic E-state index is 12.7. The number of amides is 2. The molecule has 0 bridgehead atoms. The topological polar surface area (TPSA) is 114 Å². The Bertz CT molecular complexity index is 842. The minimum absolute atomic E-state index is 0.0166. The van der Waals surface area contributed by atoms with E-state index in [1.165, 1.54) is 14.0 Å². The highest BCUT2D eigenvalue weighted by Gasteiger charge is 2.30. The van der Waals surface area contributed by atoms with Crippen molar-refractivity contribution >= 4 is 18.0 Å². The predicted molar refractivity (Wildman–Crippen MR) is 114 cm³/mol. The van der Waals surface area contributed by atoms with E-state index in [0.29, 0.717) is 12.8 Å². The number of nitrogens with one attached hydrogen (secondary N) is 2. The Hall–Kier alpha value is -3.39. The number of aliphatic hydroxyl groups excluding tert-OH is 1. The minimum atomic E-state index is -1.30. The van der Waals surface area contributed by atoms with E-state index < -0.39 is 36.2 Å². The van der Waals surface area contributed by atoms with E-state index in [9.17, 15) is 19.5 Å². The van der Waals surface area contributed by atoms with Crippen LogP contribution in [0.3, 0.4) is 0 Å². The third-order valence-electron chi connectivity index (χ3n) is 4.62. The SMILES string of the molecule is COC(=O)[C@H](CCc1ccccc1)NC(=O)[C@@H](NC(=O)OCc1ccccc1)[C@@H](C)O. The molecule has 0 heterocycles. The molecule has 2 rings (SSSR count). The summed E-state index contributed by atoms with van der Waals surface area (Å²) in [6.45, 7) is 1.38. The zero-order valence-corrected chi connectivity index (χ0v) is 17.6. The number of ether oxygens (including phenoxy) is 2.